The van der Waals surface area contributed by atoms with E-state index in [2.05, 4.69) is 17.2 Å². The molecule has 1 heterocycles. The zero-order valence-electron chi connectivity index (χ0n) is 8.40. The number of nitrogens with two attached hydrogens (primary N) is 1. The van der Waals surface area contributed by atoms with Gasteiger partial charge in [-0.05, 0) is 24.5 Å². The lowest BCUT2D eigenvalue weighted by molar-refractivity contribution is 0.266. The SMILES string of the molecule is CC(CCO)CNc1cccc(N)n1. The number of anilines is 2. The summed E-state index contributed by atoms with van der Waals surface area (Å²) in [5.74, 6) is 1.74. The summed E-state index contributed by atoms with van der Waals surface area (Å²) in [6.07, 6.45) is 0.801. The van der Waals surface area contributed by atoms with Crippen LogP contribution < -0.4 is 11.1 Å². The number of aromatic nitrogens is 1. The third-order valence-corrected chi connectivity index (χ3v) is 2.02. The number of nitrogens with one attached hydrogen (secondary N) is 1. The zero-order chi connectivity index (χ0) is 10.4. The molecule has 4 heteroatoms. The number of rotatable bonds is 5. The highest BCUT2D eigenvalue weighted by Gasteiger charge is 2.01. The Morgan fingerprint density at radius 2 is 2.36 bits per heavy atom. The van der Waals surface area contributed by atoms with Crippen molar-refractivity contribution < 1.29 is 5.11 Å². The fourth-order valence-corrected chi connectivity index (χ4v) is 1.15. The van der Waals surface area contributed by atoms with Gasteiger partial charge in [-0.25, -0.2) is 4.98 Å². The van der Waals surface area contributed by atoms with Crippen molar-refractivity contribution in [1.82, 2.24) is 4.98 Å². The quantitative estimate of drug-likeness (QED) is 0.657. The summed E-state index contributed by atoms with van der Waals surface area (Å²) in [5, 5.41) is 11.9. The molecule has 0 aliphatic heterocycles. The maximum atomic E-state index is 8.71. The average molecular weight is 195 g/mol. The van der Waals surface area contributed by atoms with Crippen LogP contribution in [-0.2, 0) is 0 Å². The molecule has 0 spiro atoms. The standard InChI is InChI=1S/C10H17N3O/c1-8(5-6-14)7-12-10-4-2-3-9(11)13-10/h2-4,8,14H,5-7H2,1H3,(H3,11,12,13). The molecule has 0 fully saturated rings. The summed E-state index contributed by atoms with van der Waals surface area (Å²) in [5.41, 5.74) is 5.53. The molecule has 0 saturated heterocycles. The number of hydrogen-bond acceptors (Lipinski definition) is 4. The van der Waals surface area contributed by atoms with Gasteiger partial charge in [0, 0.05) is 13.2 Å². The normalized spacial score (nSPS) is 12.4. The fraction of sp³-hybridized carbons (Fsp3) is 0.500. The highest BCUT2D eigenvalue weighted by Crippen LogP contribution is 2.07. The van der Waals surface area contributed by atoms with E-state index >= 15 is 0 Å². The van der Waals surface area contributed by atoms with Crippen LogP contribution in [0.25, 0.3) is 0 Å². The van der Waals surface area contributed by atoms with Crippen LogP contribution in [0.15, 0.2) is 18.2 Å². The van der Waals surface area contributed by atoms with Crippen LogP contribution in [0, 0.1) is 5.92 Å². The fourth-order valence-electron chi connectivity index (χ4n) is 1.15. The van der Waals surface area contributed by atoms with Gasteiger partial charge >= 0.3 is 0 Å². The molecule has 14 heavy (non-hydrogen) atoms. The van der Waals surface area contributed by atoms with E-state index in [1.54, 1.807) is 6.07 Å². The number of aliphatic hydroxyl groups excluding tert-OH is 1. The van der Waals surface area contributed by atoms with E-state index in [1.165, 1.54) is 0 Å². The van der Waals surface area contributed by atoms with Crippen LogP contribution in [0.5, 0.6) is 0 Å². The Labute approximate surface area is 84.2 Å². The smallest absolute Gasteiger partial charge is 0.128 e. The first kappa shape index (κ1) is 10.8. The van der Waals surface area contributed by atoms with Crippen molar-refractivity contribution in [2.75, 3.05) is 24.2 Å². The molecule has 0 aliphatic carbocycles. The first-order valence-corrected chi connectivity index (χ1v) is 4.79. The number of nitrogen functional groups attached to an aromatic ring is 1. The molecule has 0 amide bonds. The van der Waals surface area contributed by atoms with Crippen molar-refractivity contribution >= 4 is 11.6 Å². The van der Waals surface area contributed by atoms with Gasteiger partial charge in [0.25, 0.3) is 0 Å². The van der Waals surface area contributed by atoms with Crippen molar-refractivity contribution in [3.05, 3.63) is 18.2 Å². The van der Waals surface area contributed by atoms with Gasteiger partial charge in [0.05, 0.1) is 0 Å². The van der Waals surface area contributed by atoms with Gasteiger partial charge in [0.15, 0.2) is 0 Å². The number of nitrogens with zero attached hydrogens (tertiary/aromatic N) is 1. The second kappa shape index (κ2) is 5.44. The molecule has 78 valence electrons. The molecular weight excluding hydrogens is 178 g/mol. The van der Waals surface area contributed by atoms with Gasteiger partial charge < -0.3 is 16.2 Å². The van der Waals surface area contributed by atoms with Crippen molar-refractivity contribution in [3.8, 4) is 0 Å². The summed E-state index contributed by atoms with van der Waals surface area (Å²) in [4.78, 5) is 4.11. The van der Waals surface area contributed by atoms with E-state index in [4.69, 9.17) is 10.8 Å². The average Bonchev–Trinajstić information content (AvgIpc) is 2.15. The lowest BCUT2D eigenvalue weighted by Crippen LogP contribution is -2.13. The van der Waals surface area contributed by atoms with Crippen LogP contribution >= 0.6 is 0 Å². The summed E-state index contributed by atoms with van der Waals surface area (Å²) < 4.78 is 0. The van der Waals surface area contributed by atoms with Gasteiger partial charge in [0.2, 0.25) is 0 Å². The van der Waals surface area contributed by atoms with Crippen LogP contribution in [0.1, 0.15) is 13.3 Å². The Morgan fingerprint density at radius 1 is 1.57 bits per heavy atom. The summed E-state index contributed by atoms with van der Waals surface area (Å²) >= 11 is 0. The Bertz CT molecular complexity index is 278. The van der Waals surface area contributed by atoms with Crippen LogP contribution in [0.3, 0.4) is 0 Å². The first-order valence-electron chi connectivity index (χ1n) is 4.79. The third kappa shape index (κ3) is 3.62. The number of hydrogen-bond donors (Lipinski definition) is 3. The van der Waals surface area contributed by atoms with Crippen molar-refractivity contribution in [2.45, 2.75) is 13.3 Å². The van der Waals surface area contributed by atoms with Crippen LogP contribution in [0.4, 0.5) is 11.6 Å². The van der Waals surface area contributed by atoms with E-state index < -0.39 is 0 Å². The second-order valence-corrected chi connectivity index (χ2v) is 3.45. The molecule has 4 nitrogen and oxygen atoms in total. The van der Waals surface area contributed by atoms with E-state index in [1.807, 2.05) is 12.1 Å². The maximum Gasteiger partial charge on any atom is 0.128 e. The predicted molar refractivity (Wildman–Crippen MR) is 58.0 cm³/mol. The van der Waals surface area contributed by atoms with E-state index in [9.17, 15) is 0 Å². The van der Waals surface area contributed by atoms with Gasteiger partial charge in [-0.15, -0.1) is 0 Å². The molecule has 4 N–H and O–H groups in total. The zero-order valence-corrected chi connectivity index (χ0v) is 8.40. The molecule has 1 aromatic rings. The maximum absolute atomic E-state index is 8.71. The first-order chi connectivity index (χ1) is 6.72. The van der Waals surface area contributed by atoms with Crippen LogP contribution in [-0.4, -0.2) is 23.2 Å². The molecule has 1 atom stereocenters. The molecule has 1 aromatic heterocycles. The van der Waals surface area contributed by atoms with E-state index in [-0.39, 0.29) is 6.61 Å². The van der Waals surface area contributed by atoms with E-state index in [0.717, 1.165) is 18.8 Å². The van der Waals surface area contributed by atoms with Crippen molar-refractivity contribution in [3.63, 3.8) is 0 Å². The summed E-state index contributed by atoms with van der Waals surface area (Å²) in [6.45, 7) is 3.11. The Morgan fingerprint density at radius 3 is 3.00 bits per heavy atom. The topological polar surface area (TPSA) is 71.2 Å². The number of pyridine rings is 1. The monoisotopic (exact) mass is 195 g/mol. The minimum Gasteiger partial charge on any atom is -0.396 e. The van der Waals surface area contributed by atoms with Crippen molar-refractivity contribution in [2.24, 2.45) is 5.92 Å². The predicted octanol–water partition coefficient (Wildman–Crippen LogP) is 1.09. The highest BCUT2D eigenvalue weighted by molar-refractivity contribution is 5.42. The molecule has 1 unspecified atom stereocenters. The largest absolute Gasteiger partial charge is 0.396 e. The summed E-state index contributed by atoms with van der Waals surface area (Å²) in [6, 6.07) is 5.49. The lowest BCUT2D eigenvalue weighted by Gasteiger charge is -2.11. The lowest BCUT2D eigenvalue weighted by atomic mass is 10.1. The third-order valence-electron chi connectivity index (χ3n) is 2.02. The number of aliphatic hydroxyl groups is 1. The van der Waals surface area contributed by atoms with E-state index in [0.29, 0.717) is 11.7 Å². The minimum atomic E-state index is 0.229. The molecular formula is C10H17N3O. The Balaban J connectivity index is 2.37. The Kier molecular flexibility index (Phi) is 4.19. The molecule has 0 radical (unpaired) electrons. The minimum absolute atomic E-state index is 0.229. The van der Waals surface area contributed by atoms with Gasteiger partial charge in [-0.3, -0.25) is 0 Å². The van der Waals surface area contributed by atoms with Gasteiger partial charge in [-0.1, -0.05) is 13.0 Å². The molecule has 0 bridgehead atoms. The molecule has 1 rings (SSSR count). The summed E-state index contributed by atoms with van der Waals surface area (Å²) in [7, 11) is 0. The second-order valence-electron chi connectivity index (χ2n) is 3.45. The Hall–Kier alpha value is -1.29. The highest BCUT2D eigenvalue weighted by atomic mass is 16.3. The molecule has 0 saturated carbocycles. The molecule has 0 aromatic carbocycles. The van der Waals surface area contributed by atoms with Gasteiger partial charge in [0.1, 0.15) is 11.6 Å². The molecule has 0 aliphatic rings. The van der Waals surface area contributed by atoms with Crippen molar-refractivity contribution in [1.29, 1.82) is 0 Å². The van der Waals surface area contributed by atoms with Crippen LogP contribution in [0.2, 0.25) is 0 Å². The van der Waals surface area contributed by atoms with Gasteiger partial charge in [-0.2, -0.15) is 0 Å².